The number of rotatable bonds is 3. The number of nitriles is 1. The molecule has 0 aliphatic carbocycles. The van der Waals surface area contributed by atoms with E-state index in [0.717, 1.165) is 11.1 Å². The Bertz CT molecular complexity index is 898. The highest BCUT2D eigenvalue weighted by molar-refractivity contribution is 5.82. The fourth-order valence-electron chi connectivity index (χ4n) is 3.26. The van der Waals surface area contributed by atoms with Gasteiger partial charge in [-0.15, -0.1) is 0 Å². The summed E-state index contributed by atoms with van der Waals surface area (Å²) >= 11 is 0. The lowest BCUT2D eigenvalue weighted by atomic mass is 9.80. The number of ether oxygens (including phenoxy) is 2. The van der Waals surface area contributed by atoms with Gasteiger partial charge in [-0.3, -0.25) is 0 Å². The van der Waals surface area contributed by atoms with Gasteiger partial charge < -0.3 is 14.6 Å². The number of esters is 1. The summed E-state index contributed by atoms with van der Waals surface area (Å²) in [5.41, 5.74) is 2.82. The summed E-state index contributed by atoms with van der Waals surface area (Å²) < 4.78 is 10.4. The van der Waals surface area contributed by atoms with Crippen LogP contribution >= 0.6 is 0 Å². The lowest BCUT2D eigenvalue weighted by Crippen LogP contribution is -2.46. The van der Waals surface area contributed by atoms with Gasteiger partial charge in [-0.25, -0.2) is 4.79 Å². The van der Waals surface area contributed by atoms with Crippen LogP contribution in [0.5, 0.6) is 0 Å². The number of hydrogen-bond acceptors (Lipinski definition) is 5. The normalized spacial score (nSPS) is 22.3. The Kier molecular flexibility index (Phi) is 4.79. The van der Waals surface area contributed by atoms with Crippen molar-refractivity contribution in [2.24, 2.45) is 0 Å². The van der Waals surface area contributed by atoms with Crippen LogP contribution in [-0.2, 0) is 14.3 Å². The van der Waals surface area contributed by atoms with Crippen LogP contribution in [0, 0.1) is 18.3 Å². The van der Waals surface area contributed by atoms with E-state index in [1.54, 1.807) is 24.3 Å². The third kappa shape index (κ3) is 3.07. The van der Waals surface area contributed by atoms with E-state index < -0.39 is 17.7 Å². The van der Waals surface area contributed by atoms with Crippen LogP contribution < -0.4 is 0 Å². The van der Waals surface area contributed by atoms with E-state index in [9.17, 15) is 15.2 Å². The fraction of sp³-hybridized carbons (Fsp3) is 0.238. The van der Waals surface area contributed by atoms with Crippen LogP contribution in [0.25, 0.3) is 5.76 Å². The van der Waals surface area contributed by atoms with Crippen LogP contribution in [0.3, 0.4) is 0 Å². The van der Waals surface area contributed by atoms with E-state index in [4.69, 9.17) is 9.47 Å². The second-order valence-electron chi connectivity index (χ2n) is 6.21. The third-order valence-corrected chi connectivity index (χ3v) is 4.57. The van der Waals surface area contributed by atoms with Gasteiger partial charge in [-0.05, 0) is 18.1 Å². The molecule has 0 amide bonds. The Hall–Kier alpha value is -3.10. The fourth-order valence-corrected chi connectivity index (χ4v) is 3.26. The summed E-state index contributed by atoms with van der Waals surface area (Å²) in [6.45, 7) is 1.93. The van der Waals surface area contributed by atoms with E-state index in [1.165, 1.54) is 7.11 Å². The van der Waals surface area contributed by atoms with Gasteiger partial charge in [-0.1, -0.05) is 54.6 Å². The molecule has 1 heterocycles. The number of aryl methyl sites for hydroxylation is 1. The molecule has 3 rings (SSSR count). The molecule has 26 heavy (non-hydrogen) atoms. The average molecular weight is 349 g/mol. The van der Waals surface area contributed by atoms with Crippen molar-refractivity contribution in [3.63, 3.8) is 0 Å². The van der Waals surface area contributed by atoms with Gasteiger partial charge in [0.1, 0.15) is 5.76 Å². The second kappa shape index (κ2) is 7.03. The summed E-state index contributed by atoms with van der Waals surface area (Å²) in [4.78, 5) is 12.2. The van der Waals surface area contributed by atoms with E-state index in [-0.39, 0.29) is 12.2 Å². The van der Waals surface area contributed by atoms with Gasteiger partial charge in [-0.2, -0.15) is 5.26 Å². The molecular weight excluding hydrogens is 330 g/mol. The molecule has 132 valence electrons. The molecule has 0 saturated heterocycles. The first-order chi connectivity index (χ1) is 12.5. The topological polar surface area (TPSA) is 79.5 Å². The van der Waals surface area contributed by atoms with E-state index in [0.29, 0.717) is 11.1 Å². The summed E-state index contributed by atoms with van der Waals surface area (Å²) in [6, 6.07) is 18.8. The second-order valence-corrected chi connectivity index (χ2v) is 6.21. The zero-order valence-corrected chi connectivity index (χ0v) is 14.6. The predicted molar refractivity (Wildman–Crippen MR) is 95.6 cm³/mol. The largest absolute Gasteiger partial charge is 0.464 e. The first kappa shape index (κ1) is 17.7. The number of methoxy groups -OCH3 is 1. The molecule has 0 fully saturated rings. The molecule has 1 aliphatic heterocycles. The van der Waals surface area contributed by atoms with E-state index in [2.05, 4.69) is 6.07 Å². The Labute approximate surface area is 152 Å². The van der Waals surface area contributed by atoms with E-state index >= 15 is 0 Å². The summed E-state index contributed by atoms with van der Waals surface area (Å²) in [5, 5.41) is 20.7. The summed E-state index contributed by atoms with van der Waals surface area (Å²) in [7, 11) is 1.19. The maximum Gasteiger partial charge on any atom is 0.379 e. The third-order valence-electron chi connectivity index (χ3n) is 4.57. The molecule has 5 nitrogen and oxygen atoms in total. The first-order valence-electron chi connectivity index (χ1n) is 8.25. The molecular formula is C21H19NO4. The molecule has 0 spiro atoms. The Morgan fingerprint density at radius 1 is 1.23 bits per heavy atom. The van der Waals surface area contributed by atoms with Gasteiger partial charge in [0.05, 0.1) is 18.8 Å². The van der Waals surface area contributed by atoms with Gasteiger partial charge in [0.2, 0.25) is 0 Å². The molecule has 2 aromatic rings. The Morgan fingerprint density at radius 3 is 2.50 bits per heavy atom. The zero-order valence-electron chi connectivity index (χ0n) is 14.6. The van der Waals surface area contributed by atoms with Crippen molar-refractivity contribution in [2.75, 3.05) is 7.11 Å². The maximum absolute atomic E-state index is 12.2. The number of carbonyl (C=O) groups excluding carboxylic acids is 1. The minimum atomic E-state index is -2.16. The Balaban J connectivity index is 2.22. The SMILES string of the molecule is COC(=O)C1(O)CC(c2ccccc2C)C(C#N)=C(c2ccccc2)O1. The standard InChI is InChI=1S/C21H19NO4/c1-14-8-6-7-11-16(14)17-12-21(24,20(23)25-2)26-19(18(17)13-22)15-9-4-3-5-10-15/h3-11,17,24H,12H2,1-2H3. The molecule has 1 aliphatic rings. The Morgan fingerprint density at radius 2 is 1.88 bits per heavy atom. The number of carbonyl (C=O) groups is 1. The molecule has 0 radical (unpaired) electrons. The van der Waals surface area contributed by atoms with Crippen molar-refractivity contribution in [1.29, 1.82) is 5.26 Å². The number of hydrogen-bond donors (Lipinski definition) is 1. The minimum absolute atomic E-state index is 0.0935. The quantitative estimate of drug-likeness (QED) is 0.860. The first-order valence-corrected chi connectivity index (χ1v) is 8.25. The summed E-state index contributed by atoms with van der Waals surface area (Å²) in [5.74, 6) is -3.34. The highest BCUT2D eigenvalue weighted by atomic mass is 16.7. The average Bonchev–Trinajstić information content (AvgIpc) is 2.67. The lowest BCUT2D eigenvalue weighted by Gasteiger charge is -2.36. The zero-order chi connectivity index (χ0) is 18.7. The van der Waals surface area contributed by atoms with Crippen molar-refractivity contribution in [1.82, 2.24) is 0 Å². The van der Waals surface area contributed by atoms with Crippen LogP contribution in [0.2, 0.25) is 0 Å². The van der Waals surface area contributed by atoms with Crippen LogP contribution in [0.15, 0.2) is 60.2 Å². The molecule has 0 saturated carbocycles. The van der Waals surface area contributed by atoms with Crippen molar-refractivity contribution in [3.05, 3.63) is 76.9 Å². The van der Waals surface area contributed by atoms with Crippen molar-refractivity contribution >= 4 is 11.7 Å². The molecule has 5 heteroatoms. The predicted octanol–water partition coefficient (Wildman–Crippen LogP) is 3.30. The van der Waals surface area contributed by atoms with Crippen LogP contribution in [-0.4, -0.2) is 24.0 Å². The van der Waals surface area contributed by atoms with Crippen LogP contribution in [0.4, 0.5) is 0 Å². The molecule has 1 N–H and O–H groups in total. The van der Waals surface area contributed by atoms with Crippen molar-refractivity contribution in [2.45, 2.75) is 25.0 Å². The molecule has 0 aromatic heterocycles. The lowest BCUT2D eigenvalue weighted by molar-refractivity contribution is -0.210. The molecule has 2 aromatic carbocycles. The van der Waals surface area contributed by atoms with Crippen LogP contribution in [0.1, 0.15) is 29.0 Å². The van der Waals surface area contributed by atoms with E-state index in [1.807, 2.05) is 37.3 Å². The smallest absolute Gasteiger partial charge is 0.379 e. The number of nitrogens with zero attached hydrogens (tertiary/aromatic N) is 1. The van der Waals surface area contributed by atoms with Crippen molar-refractivity contribution in [3.8, 4) is 6.07 Å². The number of allylic oxidation sites excluding steroid dienone is 1. The molecule has 2 unspecified atom stereocenters. The molecule has 0 bridgehead atoms. The molecule has 2 atom stereocenters. The highest BCUT2D eigenvalue weighted by Gasteiger charge is 2.49. The van der Waals surface area contributed by atoms with Gasteiger partial charge in [0, 0.05) is 17.9 Å². The summed E-state index contributed by atoms with van der Waals surface area (Å²) in [6.07, 6.45) is -0.0935. The van der Waals surface area contributed by atoms with Gasteiger partial charge in [0.25, 0.3) is 0 Å². The number of benzene rings is 2. The monoisotopic (exact) mass is 349 g/mol. The number of aliphatic hydroxyl groups is 1. The van der Waals surface area contributed by atoms with Crippen molar-refractivity contribution < 1.29 is 19.4 Å². The maximum atomic E-state index is 12.2. The van der Waals surface area contributed by atoms with Gasteiger partial charge >= 0.3 is 11.8 Å². The highest BCUT2D eigenvalue weighted by Crippen LogP contribution is 2.45. The van der Waals surface area contributed by atoms with Gasteiger partial charge in [0.15, 0.2) is 0 Å². The minimum Gasteiger partial charge on any atom is -0.464 e.